The van der Waals surface area contributed by atoms with Crippen LogP contribution in [0.2, 0.25) is 0 Å². The summed E-state index contributed by atoms with van der Waals surface area (Å²) >= 11 is 0. The number of benzene rings is 5. The molecule has 272 valence electrons. The van der Waals surface area contributed by atoms with Crippen molar-refractivity contribution < 1.29 is 38.1 Å². The molecule has 5 aromatic carbocycles. The summed E-state index contributed by atoms with van der Waals surface area (Å²) in [4.78, 5) is 43.4. The maximum atomic E-state index is 13.7. The second-order valence-corrected chi connectivity index (χ2v) is 12.4. The third kappa shape index (κ3) is 7.33. The van der Waals surface area contributed by atoms with E-state index in [9.17, 15) is 14.4 Å². The molecule has 2 heterocycles. The first-order valence-electron chi connectivity index (χ1n) is 17.2. The number of methoxy groups -OCH3 is 1. The van der Waals surface area contributed by atoms with E-state index in [1.807, 2.05) is 84.9 Å². The molecule has 1 aromatic heterocycles. The lowest BCUT2D eigenvalue weighted by Gasteiger charge is -2.37. The van der Waals surface area contributed by atoms with Crippen molar-refractivity contribution >= 4 is 17.8 Å². The molecule has 4 atom stereocenters. The van der Waals surface area contributed by atoms with Gasteiger partial charge in [0.15, 0.2) is 18.4 Å². The summed E-state index contributed by atoms with van der Waals surface area (Å²) in [6.07, 6.45) is -3.56. The zero-order chi connectivity index (χ0) is 37.5. The molecule has 1 saturated heterocycles. The standard InChI is InChI=1S/C42H36N4O8/c1-50-33-24-22-32(23-25-33)42(30-18-10-4-11-19-30,31-20-12-5-13-21-31)51-26-34-35(53-40(48)28-14-6-2-7-15-28)36(54-41(49)29-16-8-3-9-17-29)39(52-34)46-27-44-38(45-46)37(43)47/h2-25,27,34-36,39H,26H2,1H3,(H2,43,47)/t34-,35-,36-,39-/m1/s1. The van der Waals surface area contributed by atoms with Gasteiger partial charge in [0, 0.05) is 0 Å². The number of nitrogens with two attached hydrogens (primary N) is 1. The van der Waals surface area contributed by atoms with E-state index >= 15 is 0 Å². The van der Waals surface area contributed by atoms with E-state index in [2.05, 4.69) is 10.1 Å². The van der Waals surface area contributed by atoms with Crippen LogP contribution in [-0.2, 0) is 24.5 Å². The van der Waals surface area contributed by atoms with Gasteiger partial charge < -0.3 is 29.4 Å². The van der Waals surface area contributed by atoms with Crippen molar-refractivity contribution in [2.75, 3.05) is 13.7 Å². The van der Waals surface area contributed by atoms with Gasteiger partial charge in [-0.05, 0) is 53.1 Å². The maximum Gasteiger partial charge on any atom is 0.338 e. The smallest absolute Gasteiger partial charge is 0.338 e. The topological polar surface area (TPSA) is 154 Å². The first-order chi connectivity index (χ1) is 26.4. The predicted molar refractivity (Wildman–Crippen MR) is 195 cm³/mol. The van der Waals surface area contributed by atoms with Crippen LogP contribution in [0.25, 0.3) is 0 Å². The highest BCUT2D eigenvalue weighted by Crippen LogP contribution is 2.43. The lowest BCUT2D eigenvalue weighted by molar-refractivity contribution is -0.0993. The van der Waals surface area contributed by atoms with Gasteiger partial charge in [-0.25, -0.2) is 19.3 Å². The van der Waals surface area contributed by atoms with Crippen molar-refractivity contribution in [1.82, 2.24) is 14.8 Å². The molecule has 12 nitrogen and oxygen atoms in total. The Morgan fingerprint density at radius 3 is 1.65 bits per heavy atom. The second kappa shape index (κ2) is 15.9. The van der Waals surface area contributed by atoms with E-state index in [1.165, 1.54) is 11.0 Å². The number of hydrogen-bond acceptors (Lipinski definition) is 10. The molecule has 12 heteroatoms. The van der Waals surface area contributed by atoms with Crippen LogP contribution in [0.4, 0.5) is 0 Å². The zero-order valence-corrected chi connectivity index (χ0v) is 29.1. The number of hydrogen-bond donors (Lipinski definition) is 1. The number of carbonyl (C=O) groups is 3. The van der Waals surface area contributed by atoms with Crippen LogP contribution in [0.5, 0.6) is 5.75 Å². The van der Waals surface area contributed by atoms with Crippen molar-refractivity contribution in [3.63, 3.8) is 0 Å². The number of primary amides is 1. The Morgan fingerprint density at radius 1 is 0.685 bits per heavy atom. The Labute approximate surface area is 311 Å². The lowest BCUT2D eigenvalue weighted by atomic mass is 9.80. The highest BCUT2D eigenvalue weighted by molar-refractivity contribution is 5.90. The van der Waals surface area contributed by atoms with Crippen molar-refractivity contribution in [2.24, 2.45) is 5.73 Å². The largest absolute Gasteiger partial charge is 0.497 e. The molecule has 0 radical (unpaired) electrons. The normalized spacial score (nSPS) is 18.1. The molecule has 0 unspecified atom stereocenters. The molecule has 7 rings (SSSR count). The first-order valence-corrected chi connectivity index (χ1v) is 17.2. The van der Waals surface area contributed by atoms with Crippen LogP contribution in [0.15, 0.2) is 152 Å². The molecular formula is C42H36N4O8. The molecule has 0 aliphatic carbocycles. The fourth-order valence-corrected chi connectivity index (χ4v) is 6.49. The van der Waals surface area contributed by atoms with Crippen LogP contribution >= 0.6 is 0 Å². The number of ether oxygens (including phenoxy) is 5. The Balaban J connectivity index is 1.33. The van der Waals surface area contributed by atoms with Crippen molar-refractivity contribution in [3.05, 3.63) is 186 Å². The molecule has 6 aromatic rings. The third-order valence-electron chi connectivity index (χ3n) is 9.10. The number of aromatic nitrogens is 3. The van der Waals surface area contributed by atoms with Gasteiger partial charge in [0.1, 0.15) is 23.8 Å². The second-order valence-electron chi connectivity index (χ2n) is 12.4. The highest BCUT2D eigenvalue weighted by Gasteiger charge is 2.52. The van der Waals surface area contributed by atoms with Gasteiger partial charge in [0.2, 0.25) is 5.82 Å². The number of rotatable bonds is 13. The quantitative estimate of drug-likeness (QED) is 0.115. The van der Waals surface area contributed by atoms with Crippen molar-refractivity contribution in [2.45, 2.75) is 30.1 Å². The lowest BCUT2D eigenvalue weighted by Crippen LogP contribution is -2.43. The van der Waals surface area contributed by atoms with E-state index in [0.29, 0.717) is 5.75 Å². The molecule has 2 N–H and O–H groups in total. The van der Waals surface area contributed by atoms with Crippen LogP contribution in [0.1, 0.15) is 54.3 Å². The molecule has 1 amide bonds. The fourth-order valence-electron chi connectivity index (χ4n) is 6.49. The summed E-state index contributed by atoms with van der Waals surface area (Å²) in [5.41, 5.74) is 7.19. The van der Waals surface area contributed by atoms with Gasteiger partial charge >= 0.3 is 11.9 Å². The molecule has 0 spiro atoms. The van der Waals surface area contributed by atoms with Gasteiger partial charge in [-0.2, -0.15) is 0 Å². The van der Waals surface area contributed by atoms with Gasteiger partial charge in [-0.15, -0.1) is 5.10 Å². The summed E-state index contributed by atoms with van der Waals surface area (Å²) in [6.45, 7) is -0.185. The molecule has 0 bridgehead atoms. The van der Waals surface area contributed by atoms with E-state index in [4.69, 9.17) is 29.4 Å². The van der Waals surface area contributed by atoms with Gasteiger partial charge in [0.05, 0.1) is 24.8 Å². The fraction of sp³-hybridized carbons (Fsp3) is 0.167. The SMILES string of the molecule is COc1ccc(C(OC[C@H]2O[C@@H](n3cnc(C(N)=O)n3)[C@H](OC(=O)c3ccccc3)[C@@H]2OC(=O)c2ccccc2)(c2ccccc2)c2ccccc2)cc1. The number of esters is 2. The monoisotopic (exact) mass is 724 g/mol. The summed E-state index contributed by atoms with van der Waals surface area (Å²) in [5.74, 6) is -1.87. The summed E-state index contributed by atoms with van der Waals surface area (Å²) < 4.78 is 32.7. The highest BCUT2D eigenvalue weighted by atomic mass is 16.7. The average Bonchev–Trinajstić information content (AvgIpc) is 3.85. The average molecular weight is 725 g/mol. The van der Waals surface area contributed by atoms with Crippen LogP contribution in [0.3, 0.4) is 0 Å². The minimum absolute atomic E-state index is 0.185. The Morgan fingerprint density at radius 2 is 1.17 bits per heavy atom. The summed E-state index contributed by atoms with van der Waals surface area (Å²) in [7, 11) is 1.60. The zero-order valence-electron chi connectivity index (χ0n) is 29.1. The Hall–Kier alpha value is -6.63. The number of amides is 1. The third-order valence-corrected chi connectivity index (χ3v) is 9.10. The van der Waals surface area contributed by atoms with E-state index in [-0.39, 0.29) is 23.6 Å². The molecule has 1 fully saturated rings. The minimum atomic E-state index is -1.29. The van der Waals surface area contributed by atoms with Crippen molar-refractivity contribution in [1.29, 1.82) is 0 Å². The van der Waals surface area contributed by atoms with Crippen LogP contribution in [-0.4, -0.2) is 64.6 Å². The summed E-state index contributed by atoms with van der Waals surface area (Å²) in [5, 5.41) is 4.22. The van der Waals surface area contributed by atoms with Gasteiger partial charge in [-0.1, -0.05) is 109 Å². The molecular weight excluding hydrogens is 688 g/mol. The summed E-state index contributed by atoms with van der Waals surface area (Å²) in [6, 6.07) is 43.7. The van der Waals surface area contributed by atoms with Crippen molar-refractivity contribution in [3.8, 4) is 5.75 Å². The van der Waals surface area contributed by atoms with Gasteiger partial charge in [-0.3, -0.25) is 4.79 Å². The first kappa shape index (κ1) is 35.8. The van der Waals surface area contributed by atoms with Gasteiger partial charge in [0.25, 0.3) is 5.91 Å². The van der Waals surface area contributed by atoms with E-state index in [0.717, 1.165) is 16.7 Å². The van der Waals surface area contributed by atoms with Crippen LogP contribution in [0, 0.1) is 0 Å². The van der Waals surface area contributed by atoms with E-state index < -0.39 is 48.0 Å². The van der Waals surface area contributed by atoms with Crippen LogP contribution < -0.4 is 10.5 Å². The molecule has 54 heavy (non-hydrogen) atoms. The minimum Gasteiger partial charge on any atom is -0.497 e. The predicted octanol–water partition coefficient (Wildman–Crippen LogP) is 5.74. The Kier molecular flexibility index (Phi) is 10.6. The molecule has 0 saturated carbocycles. The molecule has 1 aliphatic rings. The Bertz CT molecular complexity index is 2140. The molecule has 1 aliphatic heterocycles. The van der Waals surface area contributed by atoms with E-state index in [1.54, 1.807) is 67.8 Å². The maximum absolute atomic E-state index is 13.7. The number of carbonyl (C=O) groups excluding carboxylic acids is 3. The number of nitrogens with zero attached hydrogens (tertiary/aromatic N) is 3.